The molecule has 0 aromatic rings. The molecule has 0 saturated carbocycles. The number of carboxylic acid groups (broad SMARTS) is 1. The van der Waals surface area contributed by atoms with Gasteiger partial charge in [0.1, 0.15) is 0 Å². The maximum atomic E-state index is 9.18. The van der Waals surface area contributed by atoms with Crippen LogP contribution in [0.4, 0.5) is 0 Å². The normalized spacial score (nSPS) is 7.38. The first-order valence-corrected chi connectivity index (χ1v) is 5.38. The van der Waals surface area contributed by atoms with Gasteiger partial charge in [0, 0.05) is 0 Å². The van der Waals surface area contributed by atoms with Gasteiger partial charge >= 0.3 is 35.0 Å². The van der Waals surface area contributed by atoms with Crippen LogP contribution in [-0.2, 0) is 20.7 Å². The summed E-state index contributed by atoms with van der Waals surface area (Å²) in [6, 6.07) is 0. The zero-order valence-electron chi connectivity index (χ0n) is 3.63. The van der Waals surface area contributed by atoms with Crippen LogP contribution < -0.4 is 0 Å². The van der Waals surface area contributed by atoms with Gasteiger partial charge in [-0.25, -0.2) is 0 Å². The van der Waals surface area contributed by atoms with Crippen molar-refractivity contribution in [3.05, 3.63) is 5.73 Å². The topological polar surface area (TPSA) is 61.1 Å². The fraction of sp³-hybridized carbons (Fsp3) is 0.500. The number of rotatable bonds is 1. The molecule has 0 heterocycles. The molecule has 0 aliphatic heterocycles. The minimum Gasteiger partial charge on any atom is -0.668 e. The third-order valence-electron chi connectivity index (χ3n) is 0.151. The van der Waals surface area contributed by atoms with E-state index in [1.807, 2.05) is 0 Å². The van der Waals surface area contributed by atoms with E-state index >= 15 is 0 Å². The summed E-state index contributed by atoms with van der Waals surface area (Å²) in [5, 5.41) is 7.53. The number of aliphatic carboxylic acids is 1. The van der Waals surface area contributed by atoms with Gasteiger partial charge in [-0.1, -0.05) is 6.54 Å². The van der Waals surface area contributed by atoms with Crippen molar-refractivity contribution in [2.24, 2.45) is 0 Å². The Morgan fingerprint density at radius 2 is 1.88 bits per heavy atom. The van der Waals surface area contributed by atoms with Gasteiger partial charge in [-0.05, 0) is 0 Å². The molecule has 6 heteroatoms. The first kappa shape index (κ1) is 11.5. The summed E-state index contributed by atoms with van der Waals surface area (Å²) >= 11 is -0.106. The molecule has 8 heavy (non-hydrogen) atoms. The quantitative estimate of drug-likeness (QED) is 0.718. The third kappa shape index (κ3) is 30.1. The van der Waals surface area contributed by atoms with Crippen LogP contribution in [0.5, 0.6) is 0 Å². The molecule has 0 amide bonds. The van der Waals surface area contributed by atoms with Gasteiger partial charge in [0.15, 0.2) is 0 Å². The van der Waals surface area contributed by atoms with Crippen molar-refractivity contribution in [1.82, 2.24) is 0 Å². The maximum Gasteiger partial charge on any atom is 0.282 e. The van der Waals surface area contributed by atoms with E-state index in [1.54, 1.807) is 0 Å². The van der Waals surface area contributed by atoms with Gasteiger partial charge in [0.25, 0.3) is 5.97 Å². The van der Waals surface area contributed by atoms with Crippen molar-refractivity contribution < 1.29 is 25.8 Å². The van der Waals surface area contributed by atoms with Gasteiger partial charge in [0.2, 0.25) is 0 Å². The molecule has 0 saturated heterocycles. The van der Waals surface area contributed by atoms with Crippen molar-refractivity contribution in [1.29, 1.82) is 0 Å². The minimum atomic E-state index is -1.08. The molecule has 0 radical (unpaired) electrons. The van der Waals surface area contributed by atoms with Crippen molar-refractivity contribution in [2.75, 3.05) is 6.54 Å². The SMILES string of the molecule is [Cl][Pd][Cl].[NH-]CC(=O)O. The van der Waals surface area contributed by atoms with E-state index in [4.69, 9.17) is 29.9 Å². The molecule has 0 spiro atoms. The van der Waals surface area contributed by atoms with Crippen LogP contribution in [0.1, 0.15) is 0 Å². The summed E-state index contributed by atoms with van der Waals surface area (Å²) in [6.07, 6.45) is 0. The predicted octanol–water partition coefficient (Wildman–Crippen LogP) is 1.50. The van der Waals surface area contributed by atoms with E-state index in [2.05, 4.69) is 0 Å². The van der Waals surface area contributed by atoms with Crippen molar-refractivity contribution in [3.8, 4) is 0 Å². The number of hydrogen-bond donors (Lipinski definition) is 1. The predicted molar refractivity (Wildman–Crippen MR) is 28.5 cm³/mol. The second-order valence-corrected chi connectivity index (χ2v) is 2.98. The molecule has 0 fully saturated rings. The van der Waals surface area contributed by atoms with Crippen LogP contribution in [0.2, 0.25) is 0 Å². The van der Waals surface area contributed by atoms with E-state index in [0.717, 1.165) is 0 Å². The van der Waals surface area contributed by atoms with Crippen molar-refractivity contribution >= 4 is 25.0 Å². The summed E-state index contributed by atoms with van der Waals surface area (Å²) in [6.45, 7) is -0.528. The first-order chi connectivity index (χ1) is 3.68. The molecule has 0 bridgehead atoms. The summed E-state index contributed by atoms with van der Waals surface area (Å²) in [5.41, 5.74) is 6.06. The second-order valence-electron chi connectivity index (χ2n) is 0.616. The molecule has 0 atom stereocenters. The van der Waals surface area contributed by atoms with E-state index in [-0.39, 0.29) is 15.9 Å². The number of nitrogens with one attached hydrogen (secondary N) is 1. The molecule has 0 aliphatic rings. The molecular formula is C2H4Cl2NO2Pd-. The second kappa shape index (κ2) is 10.6. The summed E-state index contributed by atoms with van der Waals surface area (Å²) in [4.78, 5) is 9.18. The first-order valence-electron chi connectivity index (χ1n) is 1.37. The Hall–Kier alpha value is 0.672. The summed E-state index contributed by atoms with van der Waals surface area (Å²) in [7, 11) is 9.63. The van der Waals surface area contributed by atoms with E-state index in [0.29, 0.717) is 0 Å². The zero-order valence-corrected chi connectivity index (χ0v) is 6.70. The Labute approximate surface area is 63.2 Å². The van der Waals surface area contributed by atoms with E-state index in [1.165, 1.54) is 0 Å². The largest absolute Gasteiger partial charge is 0.668 e. The standard InChI is InChI=1S/C2H4NO2.2ClH.Pd/c3-1-2(4)5;;;/h3H,1H2,(H,4,5);2*1H;/q-1;;;+2/p-2. The van der Waals surface area contributed by atoms with Gasteiger partial charge in [0.05, 0.1) is 0 Å². The fourth-order valence-electron chi connectivity index (χ4n) is 0. The Bertz CT molecular complexity index is 62.0. The molecule has 54 valence electrons. The number of carbonyl (C=O) groups is 1. The molecule has 0 aliphatic carbocycles. The number of hydrogen-bond acceptors (Lipinski definition) is 1. The van der Waals surface area contributed by atoms with Crippen LogP contribution in [0, 0.1) is 0 Å². The van der Waals surface area contributed by atoms with Crippen LogP contribution in [0.25, 0.3) is 5.73 Å². The Morgan fingerprint density at radius 1 is 1.75 bits per heavy atom. The van der Waals surface area contributed by atoms with Crippen molar-refractivity contribution in [3.63, 3.8) is 0 Å². The molecule has 0 unspecified atom stereocenters. The molecule has 0 aromatic heterocycles. The third-order valence-corrected chi connectivity index (χ3v) is 0.151. The molecule has 2 N–H and O–H groups in total. The van der Waals surface area contributed by atoms with Crippen LogP contribution in [-0.4, -0.2) is 17.6 Å². The van der Waals surface area contributed by atoms with Crippen LogP contribution >= 0.6 is 19.1 Å². The number of carboxylic acids is 1. The summed E-state index contributed by atoms with van der Waals surface area (Å²) < 4.78 is 0. The number of halogens is 2. The van der Waals surface area contributed by atoms with Gasteiger partial charge in [-0.2, -0.15) is 0 Å². The average Bonchev–Trinajstić information content (AvgIpc) is 1.69. The van der Waals surface area contributed by atoms with Crippen LogP contribution in [0.15, 0.2) is 0 Å². The maximum absolute atomic E-state index is 9.18. The molecule has 3 nitrogen and oxygen atoms in total. The van der Waals surface area contributed by atoms with E-state index in [9.17, 15) is 4.79 Å². The molecular weight excluding hydrogens is 247 g/mol. The molecule has 0 aromatic carbocycles. The van der Waals surface area contributed by atoms with E-state index < -0.39 is 12.5 Å². The average molecular weight is 251 g/mol. The molecule has 0 rings (SSSR count). The smallest absolute Gasteiger partial charge is 0.282 e. The Morgan fingerprint density at radius 3 is 1.88 bits per heavy atom. The van der Waals surface area contributed by atoms with Crippen LogP contribution in [0.3, 0.4) is 0 Å². The minimum absolute atomic E-state index is 0.106. The van der Waals surface area contributed by atoms with Gasteiger partial charge < -0.3 is 10.8 Å². The fourth-order valence-corrected chi connectivity index (χ4v) is 0. The Balaban J connectivity index is 0. The Kier molecular flexibility index (Phi) is 15.2. The monoisotopic (exact) mass is 250 g/mol. The van der Waals surface area contributed by atoms with Gasteiger partial charge in [-0.15, -0.1) is 0 Å². The zero-order chi connectivity index (χ0) is 6.99. The van der Waals surface area contributed by atoms with Gasteiger partial charge in [-0.3, -0.25) is 4.79 Å². The van der Waals surface area contributed by atoms with Crippen molar-refractivity contribution in [2.45, 2.75) is 0 Å². The summed E-state index contributed by atoms with van der Waals surface area (Å²) in [5.74, 6) is -1.08.